The smallest absolute Gasteiger partial charge is 0.241 e. The topological polar surface area (TPSA) is 67.4 Å². The van der Waals surface area contributed by atoms with Gasteiger partial charge in [-0.3, -0.25) is 0 Å². The Bertz CT molecular complexity index is 546. The van der Waals surface area contributed by atoms with E-state index in [1.807, 2.05) is 5.38 Å². The molecule has 0 spiro atoms. The fourth-order valence-corrected chi connectivity index (χ4v) is 4.78. The molecule has 3 rings (SSSR count). The summed E-state index contributed by atoms with van der Waals surface area (Å²) in [5, 5.41) is 5.21. The average Bonchev–Trinajstić information content (AvgIpc) is 2.94. The normalized spacial score (nSPS) is 23.3. The maximum Gasteiger partial charge on any atom is 0.241 e. The third-order valence-corrected chi connectivity index (χ3v) is 6.27. The molecule has 0 aromatic carbocycles. The maximum absolute atomic E-state index is 12.4. The monoisotopic (exact) mass is 316 g/mol. The van der Waals surface area contributed by atoms with Crippen LogP contribution in [0.3, 0.4) is 0 Å². The first-order valence-electron chi connectivity index (χ1n) is 7.02. The van der Waals surface area contributed by atoms with Crippen molar-refractivity contribution in [3.05, 3.63) is 16.3 Å². The zero-order valence-electron chi connectivity index (χ0n) is 11.3. The first-order chi connectivity index (χ1) is 9.65. The highest BCUT2D eigenvalue weighted by Gasteiger charge is 2.25. The van der Waals surface area contributed by atoms with Crippen molar-refractivity contribution in [2.45, 2.75) is 36.7 Å². The van der Waals surface area contributed by atoms with Gasteiger partial charge in [0.05, 0.1) is 11.5 Å². The van der Waals surface area contributed by atoms with Crippen LogP contribution in [0.2, 0.25) is 0 Å². The summed E-state index contributed by atoms with van der Waals surface area (Å²) >= 11 is 1.50. The molecule has 1 aromatic rings. The van der Waals surface area contributed by atoms with Crippen LogP contribution in [0.4, 0.5) is 0 Å². The molecule has 1 saturated heterocycles. The van der Waals surface area contributed by atoms with Gasteiger partial charge in [-0.15, -0.1) is 11.3 Å². The number of rotatable bonds is 7. The zero-order valence-corrected chi connectivity index (χ0v) is 12.9. The largest absolute Gasteiger partial charge is 0.381 e. The molecule has 2 aliphatic rings. The van der Waals surface area contributed by atoms with Gasteiger partial charge in [0, 0.05) is 30.6 Å². The molecule has 20 heavy (non-hydrogen) atoms. The van der Waals surface area contributed by atoms with E-state index in [0.29, 0.717) is 36.6 Å². The van der Waals surface area contributed by atoms with Crippen LogP contribution in [0, 0.1) is 5.92 Å². The standard InChI is InChI=1S/C13H20N2O3S2/c16-20(17,15-7-10-3-5-18-9-10)13-4-6-19-12(13)8-14-11-1-2-11/h4,6,10-11,14-15H,1-3,5,7-9H2. The van der Waals surface area contributed by atoms with Gasteiger partial charge in [0.1, 0.15) is 0 Å². The summed E-state index contributed by atoms with van der Waals surface area (Å²) < 4.78 is 32.7. The number of thiophene rings is 1. The van der Waals surface area contributed by atoms with E-state index in [-0.39, 0.29) is 0 Å². The van der Waals surface area contributed by atoms with Crippen molar-refractivity contribution in [1.29, 1.82) is 0 Å². The van der Waals surface area contributed by atoms with Crippen molar-refractivity contribution in [2.75, 3.05) is 19.8 Å². The summed E-state index contributed by atoms with van der Waals surface area (Å²) in [5.41, 5.74) is 0. The molecule has 1 aromatic heterocycles. The van der Waals surface area contributed by atoms with E-state index in [1.54, 1.807) is 6.07 Å². The van der Waals surface area contributed by atoms with E-state index in [0.717, 1.165) is 17.9 Å². The van der Waals surface area contributed by atoms with Gasteiger partial charge in [0.25, 0.3) is 0 Å². The van der Waals surface area contributed by atoms with Crippen LogP contribution >= 0.6 is 11.3 Å². The fourth-order valence-electron chi connectivity index (χ4n) is 2.27. The van der Waals surface area contributed by atoms with Gasteiger partial charge < -0.3 is 10.1 Å². The average molecular weight is 316 g/mol. The van der Waals surface area contributed by atoms with Crippen molar-refractivity contribution < 1.29 is 13.2 Å². The molecule has 1 atom stereocenters. The Balaban J connectivity index is 1.61. The Morgan fingerprint density at radius 3 is 2.90 bits per heavy atom. The first kappa shape index (κ1) is 14.5. The van der Waals surface area contributed by atoms with Crippen LogP contribution in [-0.4, -0.2) is 34.2 Å². The molecule has 0 amide bonds. The Labute approximate surface area is 123 Å². The highest BCUT2D eigenvalue weighted by atomic mass is 32.2. The summed E-state index contributed by atoms with van der Waals surface area (Å²) in [6.07, 6.45) is 3.34. The van der Waals surface area contributed by atoms with Crippen molar-refractivity contribution in [3.63, 3.8) is 0 Å². The van der Waals surface area contributed by atoms with E-state index >= 15 is 0 Å². The third-order valence-electron chi connectivity index (χ3n) is 3.71. The first-order valence-corrected chi connectivity index (χ1v) is 9.38. The summed E-state index contributed by atoms with van der Waals surface area (Å²) in [4.78, 5) is 1.32. The predicted molar refractivity (Wildman–Crippen MR) is 78.3 cm³/mol. The molecular formula is C13H20N2O3S2. The summed E-state index contributed by atoms with van der Waals surface area (Å²) in [6.45, 7) is 2.50. The predicted octanol–water partition coefficient (Wildman–Crippen LogP) is 1.31. The lowest BCUT2D eigenvalue weighted by atomic mass is 10.1. The molecule has 1 aliphatic heterocycles. The van der Waals surface area contributed by atoms with Crippen LogP contribution in [0.15, 0.2) is 16.3 Å². The number of nitrogens with one attached hydrogen (secondary N) is 2. The highest BCUT2D eigenvalue weighted by Crippen LogP contribution is 2.25. The maximum atomic E-state index is 12.4. The van der Waals surface area contributed by atoms with Crippen LogP contribution in [0.1, 0.15) is 24.1 Å². The number of sulfonamides is 1. The minimum Gasteiger partial charge on any atom is -0.381 e. The fraction of sp³-hybridized carbons (Fsp3) is 0.692. The molecule has 7 heteroatoms. The van der Waals surface area contributed by atoms with E-state index in [4.69, 9.17) is 4.74 Å². The van der Waals surface area contributed by atoms with Crippen LogP contribution in [-0.2, 0) is 21.3 Å². The molecule has 2 heterocycles. The molecule has 5 nitrogen and oxygen atoms in total. The molecule has 2 fully saturated rings. The summed E-state index contributed by atoms with van der Waals surface area (Å²) in [5.74, 6) is 0.302. The second kappa shape index (κ2) is 6.11. The van der Waals surface area contributed by atoms with E-state index in [9.17, 15) is 8.42 Å². The molecule has 112 valence electrons. The molecule has 0 radical (unpaired) electrons. The second-order valence-corrected chi connectivity index (χ2v) is 8.18. The molecule has 1 saturated carbocycles. The van der Waals surface area contributed by atoms with Gasteiger partial charge in [-0.2, -0.15) is 0 Å². The Morgan fingerprint density at radius 2 is 2.20 bits per heavy atom. The zero-order chi connectivity index (χ0) is 14.0. The summed E-state index contributed by atoms with van der Waals surface area (Å²) in [7, 11) is -3.40. The van der Waals surface area contributed by atoms with Gasteiger partial charge in [-0.05, 0) is 36.6 Å². The lowest BCUT2D eigenvalue weighted by molar-refractivity contribution is 0.186. The van der Waals surface area contributed by atoms with Gasteiger partial charge in [0.2, 0.25) is 10.0 Å². The minimum atomic E-state index is -3.40. The van der Waals surface area contributed by atoms with Crippen LogP contribution in [0.25, 0.3) is 0 Å². The van der Waals surface area contributed by atoms with E-state index in [1.165, 1.54) is 24.2 Å². The SMILES string of the molecule is O=S(=O)(NCC1CCOC1)c1ccsc1CNC1CC1. The number of hydrogen-bond donors (Lipinski definition) is 2. The molecule has 1 aliphatic carbocycles. The lowest BCUT2D eigenvalue weighted by Gasteiger charge is -2.11. The molecular weight excluding hydrogens is 296 g/mol. The third kappa shape index (κ3) is 3.59. The molecule has 2 N–H and O–H groups in total. The van der Waals surface area contributed by atoms with Crippen molar-refractivity contribution >= 4 is 21.4 Å². The Hall–Kier alpha value is -0.470. The van der Waals surface area contributed by atoms with Gasteiger partial charge >= 0.3 is 0 Å². The Kier molecular flexibility index (Phi) is 4.42. The number of ether oxygens (including phenoxy) is 1. The van der Waals surface area contributed by atoms with E-state index in [2.05, 4.69) is 10.0 Å². The Morgan fingerprint density at radius 1 is 1.35 bits per heavy atom. The van der Waals surface area contributed by atoms with E-state index < -0.39 is 10.0 Å². The van der Waals surface area contributed by atoms with Crippen LogP contribution in [0.5, 0.6) is 0 Å². The second-order valence-electron chi connectivity index (χ2n) is 5.44. The molecule has 0 bridgehead atoms. The summed E-state index contributed by atoms with van der Waals surface area (Å²) in [6, 6.07) is 2.28. The van der Waals surface area contributed by atoms with Crippen molar-refractivity contribution in [1.82, 2.24) is 10.0 Å². The molecule has 1 unspecified atom stereocenters. The minimum absolute atomic E-state index is 0.302. The van der Waals surface area contributed by atoms with Crippen molar-refractivity contribution in [2.24, 2.45) is 5.92 Å². The van der Waals surface area contributed by atoms with Gasteiger partial charge in [-0.25, -0.2) is 13.1 Å². The van der Waals surface area contributed by atoms with Gasteiger partial charge in [-0.1, -0.05) is 0 Å². The van der Waals surface area contributed by atoms with Crippen molar-refractivity contribution in [3.8, 4) is 0 Å². The quantitative estimate of drug-likeness (QED) is 0.796. The van der Waals surface area contributed by atoms with Crippen LogP contribution < -0.4 is 10.0 Å². The van der Waals surface area contributed by atoms with Gasteiger partial charge in [0.15, 0.2) is 0 Å². The lowest BCUT2D eigenvalue weighted by Crippen LogP contribution is -2.30. The highest BCUT2D eigenvalue weighted by molar-refractivity contribution is 7.89. The number of hydrogen-bond acceptors (Lipinski definition) is 5.